The van der Waals surface area contributed by atoms with Crippen molar-refractivity contribution in [1.82, 2.24) is 0 Å². The summed E-state index contributed by atoms with van der Waals surface area (Å²) in [5.74, 6) is 0.198. The van der Waals surface area contributed by atoms with Crippen LogP contribution in [0, 0.1) is 0 Å². The molecule has 1 aliphatic heterocycles. The molecule has 1 atom stereocenters. The first-order chi connectivity index (χ1) is 7.66. The summed E-state index contributed by atoms with van der Waals surface area (Å²) in [6.45, 7) is 0.854. The summed E-state index contributed by atoms with van der Waals surface area (Å²) in [5, 5.41) is 0. The van der Waals surface area contributed by atoms with E-state index in [2.05, 4.69) is 31.9 Å². The van der Waals surface area contributed by atoms with Crippen molar-refractivity contribution >= 4 is 49.0 Å². The van der Waals surface area contributed by atoms with E-state index in [0.29, 0.717) is 12.5 Å². The van der Waals surface area contributed by atoms with Crippen LogP contribution in [-0.2, 0) is 4.74 Å². The van der Waals surface area contributed by atoms with E-state index in [-0.39, 0.29) is 5.78 Å². The summed E-state index contributed by atoms with van der Waals surface area (Å²) < 4.78 is 7.40. The zero-order valence-corrected chi connectivity index (χ0v) is 12.7. The first-order valence-electron chi connectivity index (χ1n) is 5.26. The number of carbonyl (C=O) groups is 1. The molecule has 1 saturated heterocycles. The fraction of sp³-hybridized carbons (Fsp3) is 0.545. The van der Waals surface area contributed by atoms with E-state index < -0.39 is 0 Å². The van der Waals surface area contributed by atoms with Crippen molar-refractivity contribution in [3.8, 4) is 0 Å². The molecule has 0 bridgehead atoms. The van der Waals surface area contributed by atoms with Crippen molar-refractivity contribution < 1.29 is 9.53 Å². The van der Waals surface area contributed by atoms with Crippen LogP contribution in [0.25, 0.3) is 0 Å². The van der Waals surface area contributed by atoms with Crippen LogP contribution in [0.2, 0.25) is 0 Å². The van der Waals surface area contributed by atoms with Crippen LogP contribution >= 0.6 is 43.2 Å². The van der Waals surface area contributed by atoms with E-state index in [9.17, 15) is 4.79 Å². The standard InChI is InChI=1S/C11H12Br2O2S/c12-10-6-8(11(13)16-10)9(14)4-3-7-2-1-5-15-7/h6-7H,1-5H2. The maximum atomic E-state index is 11.9. The van der Waals surface area contributed by atoms with Crippen molar-refractivity contribution in [1.29, 1.82) is 0 Å². The van der Waals surface area contributed by atoms with Crippen LogP contribution in [0.3, 0.4) is 0 Å². The average molecular weight is 368 g/mol. The molecule has 0 radical (unpaired) electrons. The van der Waals surface area contributed by atoms with E-state index in [1.54, 1.807) is 0 Å². The maximum absolute atomic E-state index is 11.9. The third-order valence-corrected chi connectivity index (χ3v) is 5.01. The summed E-state index contributed by atoms with van der Waals surface area (Å²) in [7, 11) is 0. The van der Waals surface area contributed by atoms with Crippen molar-refractivity contribution in [3.63, 3.8) is 0 Å². The van der Waals surface area contributed by atoms with Crippen LogP contribution in [0.4, 0.5) is 0 Å². The quantitative estimate of drug-likeness (QED) is 0.736. The molecule has 1 aromatic rings. The van der Waals surface area contributed by atoms with Gasteiger partial charge in [-0.3, -0.25) is 4.79 Å². The number of Topliss-reactive ketones (excluding diaryl/α,β-unsaturated/α-hetero) is 1. The number of hydrogen-bond acceptors (Lipinski definition) is 3. The topological polar surface area (TPSA) is 26.3 Å². The van der Waals surface area contributed by atoms with Gasteiger partial charge in [0.1, 0.15) is 0 Å². The third kappa shape index (κ3) is 3.15. The number of halogens is 2. The lowest BCUT2D eigenvalue weighted by Gasteiger charge is -2.07. The van der Waals surface area contributed by atoms with Gasteiger partial charge in [0.2, 0.25) is 0 Å². The molecule has 0 amide bonds. The largest absolute Gasteiger partial charge is 0.378 e. The molecule has 1 aliphatic rings. The molecule has 2 rings (SSSR count). The van der Waals surface area contributed by atoms with Crippen molar-refractivity contribution in [2.24, 2.45) is 0 Å². The number of hydrogen-bond donors (Lipinski definition) is 0. The summed E-state index contributed by atoms with van der Waals surface area (Å²) in [6.07, 6.45) is 3.95. The fourth-order valence-electron chi connectivity index (χ4n) is 1.83. The summed E-state index contributed by atoms with van der Waals surface area (Å²) in [6, 6.07) is 1.88. The van der Waals surface area contributed by atoms with Crippen LogP contribution in [0.5, 0.6) is 0 Å². The molecule has 1 aromatic heterocycles. The summed E-state index contributed by atoms with van der Waals surface area (Å²) in [4.78, 5) is 11.9. The van der Waals surface area contributed by atoms with E-state index in [1.165, 1.54) is 11.3 Å². The molecule has 1 fully saturated rings. The number of thiophene rings is 1. The Bertz CT molecular complexity index is 383. The smallest absolute Gasteiger partial charge is 0.165 e. The van der Waals surface area contributed by atoms with E-state index in [1.807, 2.05) is 6.07 Å². The number of rotatable bonds is 4. The van der Waals surface area contributed by atoms with Gasteiger partial charge in [0.15, 0.2) is 5.78 Å². The molecule has 16 heavy (non-hydrogen) atoms. The lowest BCUT2D eigenvalue weighted by atomic mass is 10.1. The highest BCUT2D eigenvalue weighted by molar-refractivity contribution is 9.12. The first kappa shape index (κ1) is 12.7. The average Bonchev–Trinajstić information content (AvgIpc) is 2.84. The van der Waals surface area contributed by atoms with Gasteiger partial charge in [0, 0.05) is 18.6 Å². The van der Waals surface area contributed by atoms with Gasteiger partial charge in [-0.2, -0.15) is 0 Å². The van der Waals surface area contributed by atoms with Gasteiger partial charge < -0.3 is 4.74 Å². The van der Waals surface area contributed by atoms with Crippen LogP contribution in [0.15, 0.2) is 13.6 Å². The molecule has 0 saturated carbocycles. The Hall–Kier alpha value is 0.290. The predicted octanol–water partition coefficient (Wildman–Crippen LogP) is 4.42. The van der Waals surface area contributed by atoms with E-state index >= 15 is 0 Å². The van der Waals surface area contributed by atoms with Crippen LogP contribution in [0.1, 0.15) is 36.0 Å². The Morgan fingerprint density at radius 1 is 1.56 bits per heavy atom. The van der Waals surface area contributed by atoms with Crippen molar-refractivity contribution in [2.45, 2.75) is 31.8 Å². The Kier molecular flexibility index (Phi) is 4.58. The summed E-state index contributed by atoms with van der Waals surface area (Å²) >= 11 is 8.32. The number of ketones is 1. The normalized spacial score (nSPS) is 20.2. The van der Waals surface area contributed by atoms with Gasteiger partial charge in [-0.05, 0) is 57.2 Å². The molecule has 0 aliphatic carbocycles. The van der Waals surface area contributed by atoms with Gasteiger partial charge in [0.25, 0.3) is 0 Å². The lowest BCUT2D eigenvalue weighted by Crippen LogP contribution is -2.08. The molecule has 0 spiro atoms. The monoisotopic (exact) mass is 366 g/mol. The number of ether oxygens (including phenoxy) is 1. The minimum Gasteiger partial charge on any atom is -0.378 e. The first-order valence-corrected chi connectivity index (χ1v) is 7.66. The highest BCUT2D eigenvalue weighted by Crippen LogP contribution is 2.33. The Morgan fingerprint density at radius 2 is 2.38 bits per heavy atom. The zero-order chi connectivity index (χ0) is 11.5. The van der Waals surface area contributed by atoms with Crippen molar-refractivity contribution in [3.05, 3.63) is 19.2 Å². The maximum Gasteiger partial charge on any atom is 0.165 e. The molecule has 88 valence electrons. The predicted molar refractivity (Wildman–Crippen MR) is 72.3 cm³/mol. The molecule has 2 nitrogen and oxygen atoms in total. The third-order valence-electron chi connectivity index (χ3n) is 2.67. The Labute approximate surface area is 116 Å². The van der Waals surface area contributed by atoms with E-state index in [4.69, 9.17) is 4.74 Å². The van der Waals surface area contributed by atoms with Crippen LogP contribution < -0.4 is 0 Å². The molecular formula is C11H12Br2O2S. The van der Waals surface area contributed by atoms with Crippen molar-refractivity contribution in [2.75, 3.05) is 6.61 Å². The fourth-order valence-corrected chi connectivity index (χ4v) is 4.68. The highest BCUT2D eigenvalue weighted by atomic mass is 79.9. The van der Waals surface area contributed by atoms with Gasteiger partial charge in [-0.15, -0.1) is 11.3 Å². The second-order valence-electron chi connectivity index (χ2n) is 3.83. The summed E-state index contributed by atoms with van der Waals surface area (Å²) in [5.41, 5.74) is 0.787. The molecular weight excluding hydrogens is 356 g/mol. The molecule has 2 heterocycles. The van der Waals surface area contributed by atoms with Gasteiger partial charge >= 0.3 is 0 Å². The van der Waals surface area contributed by atoms with Gasteiger partial charge in [-0.25, -0.2) is 0 Å². The number of carbonyl (C=O) groups excluding carboxylic acids is 1. The second kappa shape index (κ2) is 5.76. The Balaban J connectivity index is 1.90. The van der Waals surface area contributed by atoms with E-state index in [0.717, 1.165) is 39.0 Å². The molecule has 0 N–H and O–H groups in total. The lowest BCUT2D eigenvalue weighted by molar-refractivity contribution is 0.0859. The highest BCUT2D eigenvalue weighted by Gasteiger charge is 2.19. The molecule has 1 unspecified atom stereocenters. The molecule has 0 aromatic carbocycles. The second-order valence-corrected chi connectivity index (χ2v) is 7.58. The minimum absolute atomic E-state index is 0.198. The SMILES string of the molecule is O=C(CCC1CCCO1)c1cc(Br)sc1Br. The van der Waals surface area contributed by atoms with Gasteiger partial charge in [0.05, 0.1) is 13.7 Å². The Morgan fingerprint density at radius 3 is 2.94 bits per heavy atom. The minimum atomic E-state index is 0.198. The zero-order valence-electron chi connectivity index (χ0n) is 8.67. The van der Waals surface area contributed by atoms with Crippen LogP contribution in [-0.4, -0.2) is 18.5 Å². The van der Waals surface area contributed by atoms with Gasteiger partial charge in [-0.1, -0.05) is 0 Å². The molecule has 5 heteroatoms.